The summed E-state index contributed by atoms with van der Waals surface area (Å²) in [6.07, 6.45) is 2.04. The fraction of sp³-hybridized carbons (Fsp3) is 0.304. The largest absolute Gasteiger partial charge is 0.401 e. The number of halogens is 3. The molecule has 158 valence electrons. The molecule has 0 amide bonds. The van der Waals surface area contributed by atoms with Gasteiger partial charge in [-0.15, -0.1) is 0 Å². The third-order valence-electron chi connectivity index (χ3n) is 5.44. The average molecular weight is 423 g/mol. The van der Waals surface area contributed by atoms with Gasteiger partial charge in [0.25, 0.3) is 0 Å². The third-order valence-corrected chi connectivity index (χ3v) is 5.44. The number of benzene rings is 1. The minimum absolute atomic E-state index is 0.00816. The molecular formula is C23H20F3N5. The van der Waals surface area contributed by atoms with Gasteiger partial charge in [0.15, 0.2) is 5.82 Å². The highest BCUT2D eigenvalue weighted by atomic mass is 19.4. The van der Waals surface area contributed by atoms with E-state index in [2.05, 4.69) is 16.0 Å². The highest BCUT2D eigenvalue weighted by Gasteiger charge is 2.33. The lowest BCUT2D eigenvalue weighted by Crippen LogP contribution is -2.39. The summed E-state index contributed by atoms with van der Waals surface area (Å²) in [6, 6.07) is 13.0. The number of piperidine rings is 1. The van der Waals surface area contributed by atoms with Crippen LogP contribution in [0.3, 0.4) is 0 Å². The van der Waals surface area contributed by atoms with E-state index in [0.717, 1.165) is 22.4 Å². The lowest BCUT2D eigenvalue weighted by Gasteiger charge is -2.32. The first-order valence-electron chi connectivity index (χ1n) is 10.00. The number of alkyl halides is 3. The quantitative estimate of drug-likeness (QED) is 0.602. The second kappa shape index (κ2) is 8.82. The molecule has 2 aromatic heterocycles. The predicted octanol–water partition coefficient (Wildman–Crippen LogP) is 4.82. The number of pyridine rings is 1. The Morgan fingerprint density at radius 1 is 1.06 bits per heavy atom. The maximum absolute atomic E-state index is 12.8. The van der Waals surface area contributed by atoms with E-state index < -0.39 is 12.7 Å². The first kappa shape index (κ1) is 20.9. The van der Waals surface area contributed by atoms with E-state index in [1.165, 1.54) is 4.90 Å². The summed E-state index contributed by atoms with van der Waals surface area (Å²) < 4.78 is 38.3. The molecule has 1 saturated heterocycles. The van der Waals surface area contributed by atoms with Crippen molar-refractivity contribution in [3.05, 3.63) is 66.2 Å². The van der Waals surface area contributed by atoms with Gasteiger partial charge in [-0.25, -0.2) is 9.97 Å². The van der Waals surface area contributed by atoms with E-state index in [4.69, 9.17) is 4.98 Å². The van der Waals surface area contributed by atoms with E-state index in [1.54, 1.807) is 36.8 Å². The molecule has 31 heavy (non-hydrogen) atoms. The van der Waals surface area contributed by atoms with Crippen molar-refractivity contribution in [3.8, 4) is 28.6 Å². The van der Waals surface area contributed by atoms with Crippen LogP contribution >= 0.6 is 0 Å². The smallest absolute Gasteiger partial charge is 0.295 e. The molecule has 1 fully saturated rings. The summed E-state index contributed by atoms with van der Waals surface area (Å²) in [7, 11) is 0. The van der Waals surface area contributed by atoms with E-state index in [-0.39, 0.29) is 5.92 Å². The van der Waals surface area contributed by atoms with Crippen molar-refractivity contribution in [2.75, 3.05) is 19.6 Å². The van der Waals surface area contributed by atoms with Crippen molar-refractivity contribution in [1.82, 2.24) is 19.9 Å². The lowest BCUT2D eigenvalue weighted by atomic mass is 9.88. The molecule has 3 aromatic rings. The van der Waals surface area contributed by atoms with Crippen LogP contribution in [0.4, 0.5) is 13.2 Å². The molecular weight excluding hydrogens is 403 g/mol. The zero-order valence-corrected chi connectivity index (χ0v) is 16.7. The normalized spacial score (nSPS) is 15.5. The van der Waals surface area contributed by atoms with Gasteiger partial charge in [-0.2, -0.15) is 18.4 Å². The van der Waals surface area contributed by atoms with Gasteiger partial charge in [0.1, 0.15) is 0 Å². The molecule has 0 N–H and O–H groups in total. The van der Waals surface area contributed by atoms with Gasteiger partial charge in [0.2, 0.25) is 0 Å². The number of hydrogen-bond acceptors (Lipinski definition) is 5. The minimum atomic E-state index is -4.20. The zero-order valence-electron chi connectivity index (χ0n) is 16.7. The topological polar surface area (TPSA) is 65.7 Å². The zero-order chi connectivity index (χ0) is 21.8. The van der Waals surface area contributed by atoms with Crippen LogP contribution in [0.25, 0.3) is 22.5 Å². The van der Waals surface area contributed by atoms with Gasteiger partial charge in [-0.1, -0.05) is 12.1 Å². The Morgan fingerprint density at radius 3 is 2.48 bits per heavy atom. The molecule has 0 bridgehead atoms. The first-order chi connectivity index (χ1) is 14.9. The number of aromatic nitrogens is 3. The molecule has 0 aliphatic carbocycles. The van der Waals surface area contributed by atoms with Gasteiger partial charge >= 0.3 is 6.18 Å². The van der Waals surface area contributed by atoms with Crippen LogP contribution in [-0.4, -0.2) is 45.7 Å². The summed E-state index contributed by atoms with van der Waals surface area (Å²) in [6.45, 7) is -0.171. The summed E-state index contributed by atoms with van der Waals surface area (Å²) in [5.41, 5.74) is 3.80. The second-order valence-corrected chi connectivity index (χ2v) is 7.59. The number of nitriles is 1. The molecule has 0 saturated carbocycles. The van der Waals surface area contributed by atoms with Crippen LogP contribution in [-0.2, 0) is 0 Å². The van der Waals surface area contributed by atoms with Crippen molar-refractivity contribution in [2.24, 2.45) is 0 Å². The highest BCUT2D eigenvalue weighted by molar-refractivity contribution is 5.69. The van der Waals surface area contributed by atoms with Crippen molar-refractivity contribution in [3.63, 3.8) is 0 Å². The molecule has 0 atom stereocenters. The third kappa shape index (κ3) is 5.06. The van der Waals surface area contributed by atoms with Gasteiger partial charge in [-0.05, 0) is 55.8 Å². The van der Waals surface area contributed by atoms with E-state index in [1.807, 2.05) is 18.2 Å². The van der Waals surface area contributed by atoms with Gasteiger partial charge in [-0.3, -0.25) is 9.88 Å². The van der Waals surface area contributed by atoms with Gasteiger partial charge in [0, 0.05) is 35.6 Å². The van der Waals surface area contributed by atoms with Crippen LogP contribution in [0.15, 0.2) is 55.0 Å². The molecule has 3 heterocycles. The first-order valence-corrected chi connectivity index (χ1v) is 10.00. The second-order valence-electron chi connectivity index (χ2n) is 7.59. The fourth-order valence-corrected chi connectivity index (χ4v) is 3.94. The summed E-state index contributed by atoms with van der Waals surface area (Å²) in [5, 5.41) is 9.26. The lowest BCUT2D eigenvalue weighted by molar-refractivity contribution is -0.147. The standard InChI is InChI=1S/C23H20F3N5/c24-23(25,26)15-31-10-6-17(7-11-31)21-20(19-3-1-2-16(12-19)13-27)14-29-22(30-21)18-4-8-28-9-5-18/h1-5,8-9,12,14,17H,6-7,10-11,15H2. The summed E-state index contributed by atoms with van der Waals surface area (Å²) in [4.78, 5) is 14.8. The molecule has 1 aliphatic heterocycles. The van der Waals surface area contributed by atoms with Crippen molar-refractivity contribution in [2.45, 2.75) is 24.9 Å². The Morgan fingerprint density at radius 2 is 1.81 bits per heavy atom. The Balaban J connectivity index is 1.69. The van der Waals surface area contributed by atoms with Crippen molar-refractivity contribution in [1.29, 1.82) is 5.26 Å². The molecule has 5 nitrogen and oxygen atoms in total. The Kier molecular flexibility index (Phi) is 5.96. The average Bonchev–Trinajstić information content (AvgIpc) is 2.79. The van der Waals surface area contributed by atoms with E-state index in [0.29, 0.717) is 37.3 Å². The number of likely N-dealkylation sites (tertiary alicyclic amines) is 1. The number of hydrogen-bond donors (Lipinski definition) is 0. The van der Waals surface area contributed by atoms with Gasteiger partial charge in [0.05, 0.1) is 23.9 Å². The SMILES string of the molecule is N#Cc1cccc(-c2cnc(-c3ccncc3)nc2C2CCN(CC(F)(F)F)CC2)c1. The van der Waals surface area contributed by atoms with Crippen LogP contribution in [0.1, 0.15) is 30.0 Å². The summed E-state index contributed by atoms with van der Waals surface area (Å²) in [5.74, 6) is 0.559. The van der Waals surface area contributed by atoms with Gasteiger partial charge < -0.3 is 0 Å². The minimum Gasteiger partial charge on any atom is -0.295 e. The fourth-order valence-electron chi connectivity index (χ4n) is 3.94. The predicted molar refractivity (Wildman–Crippen MR) is 110 cm³/mol. The molecule has 1 aliphatic rings. The Hall–Kier alpha value is -3.31. The monoisotopic (exact) mass is 423 g/mol. The summed E-state index contributed by atoms with van der Waals surface area (Å²) >= 11 is 0. The molecule has 4 rings (SSSR count). The van der Waals surface area contributed by atoms with Crippen LogP contribution in [0, 0.1) is 11.3 Å². The Bertz CT molecular complexity index is 1080. The molecule has 0 radical (unpaired) electrons. The highest BCUT2D eigenvalue weighted by Crippen LogP contribution is 2.35. The molecule has 8 heteroatoms. The van der Waals surface area contributed by atoms with Crippen LogP contribution in [0.2, 0.25) is 0 Å². The molecule has 0 spiro atoms. The maximum atomic E-state index is 12.8. The Labute approximate surface area is 178 Å². The van der Waals surface area contributed by atoms with Crippen molar-refractivity contribution < 1.29 is 13.2 Å². The maximum Gasteiger partial charge on any atom is 0.401 e. The van der Waals surface area contributed by atoms with E-state index in [9.17, 15) is 18.4 Å². The number of nitrogens with zero attached hydrogens (tertiary/aromatic N) is 5. The van der Waals surface area contributed by atoms with Crippen LogP contribution in [0.5, 0.6) is 0 Å². The van der Waals surface area contributed by atoms with Crippen LogP contribution < -0.4 is 0 Å². The molecule has 0 unspecified atom stereocenters. The van der Waals surface area contributed by atoms with Crippen molar-refractivity contribution >= 4 is 0 Å². The molecule has 1 aromatic carbocycles. The number of rotatable bonds is 4. The van der Waals surface area contributed by atoms with E-state index >= 15 is 0 Å².